The molecule has 1 aliphatic heterocycles. The lowest BCUT2D eigenvalue weighted by Crippen LogP contribution is -2.32. The second-order valence-corrected chi connectivity index (χ2v) is 7.62. The Labute approximate surface area is 198 Å². The predicted molar refractivity (Wildman–Crippen MR) is 125 cm³/mol. The fourth-order valence-electron chi connectivity index (χ4n) is 4.08. The van der Waals surface area contributed by atoms with E-state index in [0.717, 1.165) is 0 Å². The predicted octanol–water partition coefficient (Wildman–Crippen LogP) is 3.10. The van der Waals surface area contributed by atoms with Gasteiger partial charge in [0.15, 0.2) is 11.5 Å². The molecule has 2 aromatic carbocycles. The molecule has 34 heavy (non-hydrogen) atoms. The molecule has 0 aliphatic carbocycles. The van der Waals surface area contributed by atoms with E-state index in [-0.39, 0.29) is 24.5 Å². The summed E-state index contributed by atoms with van der Waals surface area (Å²) >= 11 is 0. The van der Waals surface area contributed by atoms with E-state index in [1.54, 1.807) is 44.4 Å². The standard InChI is InChI=1S/C25H29NO8/c1-14-11-16(31-3)7-8-17(14)22(27)20-21(26(9-10-30-2)25(29)23(20)28)15-12-18(32-4)24(34-6)19(13-15)33-5/h7-8,11-13,21,27H,9-10H2,1-6H3/b22-20+/t21-/m1/s1. The smallest absolute Gasteiger partial charge is 0.295 e. The van der Waals surface area contributed by atoms with Gasteiger partial charge in [0.05, 0.1) is 46.7 Å². The van der Waals surface area contributed by atoms with Crippen molar-refractivity contribution in [1.29, 1.82) is 0 Å². The summed E-state index contributed by atoms with van der Waals surface area (Å²) in [6, 6.07) is 7.49. The first-order chi connectivity index (χ1) is 16.3. The van der Waals surface area contributed by atoms with Crippen LogP contribution in [0, 0.1) is 6.92 Å². The van der Waals surface area contributed by atoms with Crippen molar-refractivity contribution in [2.75, 3.05) is 48.7 Å². The maximum atomic E-state index is 13.2. The minimum atomic E-state index is -0.898. The molecule has 1 fully saturated rings. The molecule has 9 heteroatoms. The molecule has 9 nitrogen and oxygen atoms in total. The zero-order valence-corrected chi connectivity index (χ0v) is 20.1. The van der Waals surface area contributed by atoms with Gasteiger partial charge in [-0.15, -0.1) is 0 Å². The highest BCUT2D eigenvalue weighted by Gasteiger charge is 2.46. The van der Waals surface area contributed by atoms with E-state index in [9.17, 15) is 14.7 Å². The second-order valence-electron chi connectivity index (χ2n) is 7.62. The Morgan fingerprint density at radius 2 is 1.59 bits per heavy atom. The number of carbonyl (C=O) groups is 2. The summed E-state index contributed by atoms with van der Waals surface area (Å²) in [6.45, 7) is 2.13. The van der Waals surface area contributed by atoms with E-state index < -0.39 is 17.7 Å². The Balaban J connectivity index is 2.28. The van der Waals surface area contributed by atoms with Crippen molar-refractivity contribution in [3.63, 3.8) is 0 Å². The van der Waals surface area contributed by atoms with E-state index in [1.165, 1.54) is 33.3 Å². The molecular formula is C25H29NO8. The third-order valence-electron chi connectivity index (χ3n) is 5.77. The number of aryl methyl sites for hydroxylation is 1. The molecule has 2 aromatic rings. The van der Waals surface area contributed by atoms with Gasteiger partial charge < -0.3 is 33.7 Å². The van der Waals surface area contributed by atoms with Gasteiger partial charge >= 0.3 is 0 Å². The summed E-state index contributed by atoms with van der Waals surface area (Å²) in [5.74, 6) is -0.114. The topological polar surface area (TPSA) is 104 Å². The highest BCUT2D eigenvalue weighted by Crippen LogP contribution is 2.45. The van der Waals surface area contributed by atoms with Gasteiger partial charge in [0.2, 0.25) is 5.75 Å². The van der Waals surface area contributed by atoms with Crippen LogP contribution in [0.4, 0.5) is 0 Å². The van der Waals surface area contributed by atoms with Crippen molar-refractivity contribution in [1.82, 2.24) is 4.90 Å². The first-order valence-corrected chi connectivity index (χ1v) is 10.5. The summed E-state index contributed by atoms with van der Waals surface area (Å²) in [5, 5.41) is 11.3. The van der Waals surface area contributed by atoms with Gasteiger partial charge in [-0.1, -0.05) is 0 Å². The molecule has 3 rings (SSSR count). The average Bonchev–Trinajstić information content (AvgIpc) is 3.10. The maximum Gasteiger partial charge on any atom is 0.295 e. The number of Topliss-reactive ketones (excluding diaryl/α,β-unsaturated/α-hetero) is 1. The molecule has 1 N–H and O–H groups in total. The highest BCUT2D eigenvalue weighted by molar-refractivity contribution is 6.46. The van der Waals surface area contributed by atoms with Crippen LogP contribution < -0.4 is 18.9 Å². The van der Waals surface area contributed by atoms with Crippen LogP contribution in [0.15, 0.2) is 35.9 Å². The van der Waals surface area contributed by atoms with Gasteiger partial charge in [-0.05, 0) is 48.4 Å². The van der Waals surface area contributed by atoms with Crippen LogP contribution in [0.3, 0.4) is 0 Å². The van der Waals surface area contributed by atoms with Gasteiger partial charge in [0.1, 0.15) is 11.5 Å². The second kappa shape index (κ2) is 10.5. The monoisotopic (exact) mass is 471 g/mol. The number of ketones is 1. The maximum absolute atomic E-state index is 13.2. The molecule has 0 aromatic heterocycles. The molecule has 1 aliphatic rings. The Morgan fingerprint density at radius 3 is 2.09 bits per heavy atom. The molecule has 1 saturated heterocycles. The summed E-state index contributed by atoms with van der Waals surface area (Å²) in [7, 11) is 7.48. The van der Waals surface area contributed by atoms with Crippen LogP contribution in [0.2, 0.25) is 0 Å². The SMILES string of the molecule is COCCN1C(=O)C(=O)/C(=C(/O)c2ccc(OC)cc2C)[C@H]1c1cc(OC)c(OC)c(OC)c1. The van der Waals surface area contributed by atoms with Gasteiger partial charge in [-0.2, -0.15) is 0 Å². The molecule has 182 valence electrons. The van der Waals surface area contributed by atoms with E-state index in [1.807, 2.05) is 0 Å². The highest BCUT2D eigenvalue weighted by atomic mass is 16.5. The molecule has 0 saturated carbocycles. The number of amides is 1. The zero-order chi connectivity index (χ0) is 25.0. The minimum Gasteiger partial charge on any atom is -0.507 e. The van der Waals surface area contributed by atoms with Crippen LogP contribution in [0.1, 0.15) is 22.7 Å². The number of carbonyl (C=O) groups excluding carboxylic acids is 2. The normalized spacial score (nSPS) is 17.1. The average molecular weight is 472 g/mol. The van der Waals surface area contributed by atoms with Crippen molar-refractivity contribution in [2.24, 2.45) is 0 Å². The number of methoxy groups -OCH3 is 5. The minimum absolute atomic E-state index is 0.0383. The van der Waals surface area contributed by atoms with Crippen LogP contribution in [-0.4, -0.2) is 70.4 Å². The fraction of sp³-hybridized carbons (Fsp3) is 0.360. The molecule has 0 bridgehead atoms. The largest absolute Gasteiger partial charge is 0.507 e. The number of rotatable bonds is 9. The number of likely N-dealkylation sites (tertiary alicyclic amines) is 1. The lowest BCUT2D eigenvalue weighted by molar-refractivity contribution is -0.140. The summed E-state index contributed by atoms with van der Waals surface area (Å²) in [5.41, 5.74) is 1.58. The summed E-state index contributed by atoms with van der Waals surface area (Å²) < 4.78 is 26.7. The van der Waals surface area contributed by atoms with Crippen LogP contribution in [0.25, 0.3) is 5.76 Å². The van der Waals surface area contributed by atoms with Gasteiger partial charge in [-0.25, -0.2) is 0 Å². The molecular weight excluding hydrogens is 442 g/mol. The van der Waals surface area contributed by atoms with Gasteiger partial charge in [0, 0.05) is 19.2 Å². The number of aliphatic hydroxyl groups is 1. The van der Waals surface area contributed by atoms with Crippen molar-refractivity contribution >= 4 is 17.4 Å². The van der Waals surface area contributed by atoms with E-state index in [2.05, 4.69) is 0 Å². The lowest BCUT2D eigenvalue weighted by atomic mass is 9.93. The Morgan fingerprint density at radius 1 is 0.941 bits per heavy atom. The molecule has 0 radical (unpaired) electrons. The van der Waals surface area contributed by atoms with Gasteiger partial charge in [-0.3, -0.25) is 9.59 Å². The van der Waals surface area contributed by atoms with E-state index >= 15 is 0 Å². The number of hydrogen-bond acceptors (Lipinski definition) is 8. The van der Waals surface area contributed by atoms with E-state index in [0.29, 0.717) is 39.7 Å². The number of benzene rings is 2. The van der Waals surface area contributed by atoms with Gasteiger partial charge in [0.25, 0.3) is 11.7 Å². The summed E-state index contributed by atoms with van der Waals surface area (Å²) in [6.07, 6.45) is 0. The van der Waals surface area contributed by atoms with Crippen LogP contribution in [0.5, 0.6) is 23.0 Å². The van der Waals surface area contributed by atoms with Crippen LogP contribution in [-0.2, 0) is 14.3 Å². The fourth-order valence-corrected chi connectivity index (χ4v) is 4.08. The third-order valence-corrected chi connectivity index (χ3v) is 5.77. The third kappa shape index (κ3) is 4.38. The quantitative estimate of drug-likeness (QED) is 0.338. The Hall–Kier alpha value is -3.72. The number of hydrogen-bond donors (Lipinski definition) is 1. The Bertz CT molecular complexity index is 1100. The first kappa shape index (κ1) is 24.9. The molecule has 1 heterocycles. The molecule has 1 amide bonds. The molecule has 1 atom stereocenters. The number of nitrogens with zero attached hydrogens (tertiary/aromatic N) is 1. The Kier molecular flexibility index (Phi) is 7.68. The van der Waals surface area contributed by atoms with Crippen molar-refractivity contribution in [3.05, 3.63) is 52.6 Å². The molecule has 0 spiro atoms. The van der Waals surface area contributed by atoms with Crippen LogP contribution >= 0.6 is 0 Å². The number of ether oxygens (including phenoxy) is 5. The van der Waals surface area contributed by atoms with Crippen molar-refractivity contribution in [2.45, 2.75) is 13.0 Å². The summed E-state index contributed by atoms with van der Waals surface area (Å²) in [4.78, 5) is 27.6. The first-order valence-electron chi connectivity index (χ1n) is 10.5. The molecule has 0 unspecified atom stereocenters. The lowest BCUT2D eigenvalue weighted by Gasteiger charge is -2.26. The number of aliphatic hydroxyl groups excluding tert-OH is 1. The van der Waals surface area contributed by atoms with Crippen molar-refractivity contribution in [3.8, 4) is 23.0 Å². The van der Waals surface area contributed by atoms with E-state index in [4.69, 9.17) is 23.7 Å². The van der Waals surface area contributed by atoms with Crippen molar-refractivity contribution < 1.29 is 38.4 Å². The zero-order valence-electron chi connectivity index (χ0n) is 20.1.